The minimum Gasteiger partial charge on any atom is -0.481 e. The first-order chi connectivity index (χ1) is 7.47. The van der Waals surface area contributed by atoms with Crippen LogP contribution in [0.5, 0.6) is 0 Å². The highest BCUT2D eigenvalue weighted by Crippen LogP contribution is 2.16. The Morgan fingerprint density at radius 2 is 2.12 bits per heavy atom. The van der Waals surface area contributed by atoms with E-state index in [0.717, 1.165) is 0 Å². The fourth-order valence-corrected chi connectivity index (χ4v) is 2.75. The molecule has 1 aromatic carbocycles. The van der Waals surface area contributed by atoms with E-state index in [1.54, 1.807) is 6.07 Å². The van der Waals surface area contributed by atoms with Crippen molar-refractivity contribution >= 4 is 32.7 Å². The molecule has 16 heavy (non-hydrogen) atoms. The normalized spacial score (nSPS) is 12.4. The number of carboxylic acids is 1. The molecule has 88 valence electrons. The highest BCUT2D eigenvalue weighted by atomic mass is 79.9. The SMILES string of the molecule is O=C(O)CCS(=O)Cc1cc(F)cc(Br)c1. The third-order valence-electron chi connectivity index (χ3n) is 1.79. The van der Waals surface area contributed by atoms with Crippen molar-refractivity contribution in [2.75, 3.05) is 5.75 Å². The molecule has 0 aliphatic carbocycles. The zero-order valence-electron chi connectivity index (χ0n) is 8.28. The minimum atomic E-state index is -1.28. The number of benzene rings is 1. The predicted molar refractivity (Wildman–Crippen MR) is 63.1 cm³/mol. The predicted octanol–water partition coefficient (Wildman–Crippen LogP) is 2.31. The van der Waals surface area contributed by atoms with E-state index in [1.165, 1.54) is 12.1 Å². The molecule has 0 bridgehead atoms. The van der Waals surface area contributed by atoms with Crippen LogP contribution < -0.4 is 0 Å². The summed E-state index contributed by atoms with van der Waals surface area (Å²) in [5.74, 6) is -1.12. The first kappa shape index (κ1) is 13.3. The zero-order chi connectivity index (χ0) is 12.1. The van der Waals surface area contributed by atoms with E-state index in [-0.39, 0.29) is 17.9 Å². The lowest BCUT2D eigenvalue weighted by atomic mass is 10.2. The van der Waals surface area contributed by atoms with Crippen LogP contribution >= 0.6 is 15.9 Å². The highest BCUT2D eigenvalue weighted by molar-refractivity contribution is 9.10. The molecule has 3 nitrogen and oxygen atoms in total. The molecule has 1 unspecified atom stereocenters. The second kappa shape index (κ2) is 6.10. The summed E-state index contributed by atoms with van der Waals surface area (Å²) >= 11 is 3.13. The second-order valence-electron chi connectivity index (χ2n) is 3.21. The summed E-state index contributed by atoms with van der Waals surface area (Å²) in [5.41, 5.74) is 0.593. The van der Waals surface area contributed by atoms with Crippen molar-refractivity contribution in [1.29, 1.82) is 0 Å². The lowest BCUT2D eigenvalue weighted by Gasteiger charge is -2.02. The Kier molecular flexibility index (Phi) is 5.08. The van der Waals surface area contributed by atoms with E-state index in [1.807, 2.05) is 0 Å². The average molecular weight is 309 g/mol. The molecule has 0 amide bonds. The zero-order valence-corrected chi connectivity index (χ0v) is 10.7. The van der Waals surface area contributed by atoms with Crippen LogP contribution in [0.25, 0.3) is 0 Å². The summed E-state index contributed by atoms with van der Waals surface area (Å²) in [5, 5.41) is 8.41. The van der Waals surface area contributed by atoms with Gasteiger partial charge in [-0.1, -0.05) is 15.9 Å². The number of carbonyl (C=O) groups is 1. The Morgan fingerprint density at radius 3 is 2.69 bits per heavy atom. The van der Waals surface area contributed by atoms with Gasteiger partial charge in [-0.2, -0.15) is 0 Å². The molecule has 0 spiro atoms. The van der Waals surface area contributed by atoms with Crippen LogP contribution in [0.2, 0.25) is 0 Å². The molecule has 6 heteroatoms. The molecule has 0 aromatic heterocycles. The molecule has 1 rings (SSSR count). The molecule has 0 heterocycles. The fraction of sp³-hybridized carbons (Fsp3) is 0.300. The van der Waals surface area contributed by atoms with E-state index in [9.17, 15) is 13.4 Å². The topological polar surface area (TPSA) is 54.4 Å². The number of hydrogen-bond acceptors (Lipinski definition) is 2. The Morgan fingerprint density at radius 1 is 1.44 bits per heavy atom. The molecule has 0 fully saturated rings. The average Bonchev–Trinajstić information content (AvgIpc) is 2.12. The van der Waals surface area contributed by atoms with Crippen molar-refractivity contribution in [2.24, 2.45) is 0 Å². The first-order valence-corrected chi connectivity index (χ1v) is 6.77. The van der Waals surface area contributed by atoms with Gasteiger partial charge >= 0.3 is 5.97 Å². The van der Waals surface area contributed by atoms with Gasteiger partial charge in [0.1, 0.15) is 5.82 Å². The molecular weight excluding hydrogens is 299 g/mol. The summed E-state index contributed by atoms with van der Waals surface area (Å²) in [7, 11) is -1.28. The summed E-state index contributed by atoms with van der Waals surface area (Å²) in [6.45, 7) is 0. The molecule has 0 aliphatic heterocycles. The van der Waals surface area contributed by atoms with Crippen LogP contribution in [-0.4, -0.2) is 21.0 Å². The summed E-state index contributed by atoms with van der Waals surface area (Å²) in [4.78, 5) is 10.3. The Balaban J connectivity index is 2.59. The highest BCUT2D eigenvalue weighted by Gasteiger charge is 2.06. The largest absolute Gasteiger partial charge is 0.481 e. The van der Waals surface area contributed by atoms with E-state index < -0.39 is 22.6 Å². The quantitative estimate of drug-likeness (QED) is 0.908. The van der Waals surface area contributed by atoms with Crippen LogP contribution in [-0.2, 0) is 21.3 Å². The van der Waals surface area contributed by atoms with Crippen LogP contribution in [0.3, 0.4) is 0 Å². The molecule has 0 radical (unpaired) electrons. The van der Waals surface area contributed by atoms with Gasteiger partial charge in [-0.25, -0.2) is 4.39 Å². The third kappa shape index (κ3) is 4.85. The number of aliphatic carboxylic acids is 1. The van der Waals surface area contributed by atoms with E-state index in [4.69, 9.17) is 5.11 Å². The third-order valence-corrected chi connectivity index (χ3v) is 3.57. The maximum Gasteiger partial charge on any atom is 0.304 e. The second-order valence-corrected chi connectivity index (χ2v) is 5.70. The summed E-state index contributed by atoms with van der Waals surface area (Å²) < 4.78 is 25.0. The van der Waals surface area contributed by atoms with Gasteiger partial charge in [-0.15, -0.1) is 0 Å². The molecule has 1 atom stereocenters. The monoisotopic (exact) mass is 308 g/mol. The lowest BCUT2D eigenvalue weighted by molar-refractivity contribution is -0.136. The molecular formula is C10H10BrFO3S. The molecule has 1 N–H and O–H groups in total. The Bertz CT molecular complexity index is 402. The fourth-order valence-electron chi connectivity index (χ4n) is 1.15. The number of carboxylic acid groups (broad SMARTS) is 1. The van der Waals surface area contributed by atoms with E-state index in [2.05, 4.69) is 15.9 Å². The lowest BCUT2D eigenvalue weighted by Crippen LogP contribution is -2.06. The van der Waals surface area contributed by atoms with E-state index in [0.29, 0.717) is 10.0 Å². The first-order valence-electron chi connectivity index (χ1n) is 4.49. The van der Waals surface area contributed by atoms with Gasteiger partial charge in [0.25, 0.3) is 0 Å². The Hall–Kier alpha value is -0.750. The summed E-state index contributed by atoms with van der Waals surface area (Å²) in [6, 6.07) is 4.27. The molecule has 0 saturated carbocycles. The molecule has 1 aromatic rings. The minimum absolute atomic E-state index is 0.0868. The van der Waals surface area contributed by atoms with Crippen molar-refractivity contribution in [3.8, 4) is 0 Å². The van der Waals surface area contributed by atoms with Gasteiger partial charge in [-0.3, -0.25) is 9.00 Å². The van der Waals surface area contributed by atoms with Crippen molar-refractivity contribution in [3.63, 3.8) is 0 Å². The van der Waals surface area contributed by atoms with Crippen molar-refractivity contribution in [3.05, 3.63) is 34.1 Å². The van der Waals surface area contributed by atoms with Gasteiger partial charge in [0.2, 0.25) is 0 Å². The van der Waals surface area contributed by atoms with E-state index >= 15 is 0 Å². The van der Waals surface area contributed by atoms with Crippen LogP contribution in [0.15, 0.2) is 22.7 Å². The van der Waals surface area contributed by atoms with Crippen LogP contribution in [0, 0.1) is 5.82 Å². The molecule has 0 saturated heterocycles. The van der Waals surface area contributed by atoms with Gasteiger partial charge in [-0.05, 0) is 23.8 Å². The van der Waals surface area contributed by atoms with Crippen LogP contribution in [0.4, 0.5) is 4.39 Å². The smallest absolute Gasteiger partial charge is 0.304 e. The number of halogens is 2. The maximum absolute atomic E-state index is 13.0. The maximum atomic E-state index is 13.0. The van der Waals surface area contributed by atoms with Crippen molar-refractivity contribution < 1.29 is 18.5 Å². The van der Waals surface area contributed by atoms with Crippen molar-refractivity contribution in [2.45, 2.75) is 12.2 Å². The van der Waals surface area contributed by atoms with Gasteiger partial charge in [0.15, 0.2) is 0 Å². The Labute approximate surface area is 103 Å². The van der Waals surface area contributed by atoms with Gasteiger partial charge < -0.3 is 5.11 Å². The van der Waals surface area contributed by atoms with Gasteiger partial charge in [0.05, 0.1) is 6.42 Å². The molecule has 0 aliphatic rings. The standard InChI is InChI=1S/C10H10BrFO3S/c11-8-3-7(4-9(12)5-8)6-16(15)2-1-10(13)14/h3-5H,1-2,6H2,(H,13,14). The summed E-state index contributed by atoms with van der Waals surface area (Å²) in [6.07, 6.45) is -0.136. The number of rotatable bonds is 5. The van der Waals surface area contributed by atoms with Gasteiger partial charge in [0, 0.05) is 26.8 Å². The number of hydrogen-bond donors (Lipinski definition) is 1. The van der Waals surface area contributed by atoms with Crippen LogP contribution in [0.1, 0.15) is 12.0 Å². The van der Waals surface area contributed by atoms with Crippen molar-refractivity contribution in [1.82, 2.24) is 0 Å².